The number of hydrazine groups is 1. The van der Waals surface area contributed by atoms with E-state index in [9.17, 15) is 62.6 Å². The fourth-order valence-electron chi connectivity index (χ4n) is 12.6. The average molecular weight is 1670 g/mol. The Labute approximate surface area is 690 Å². The largest absolute Gasteiger partial charge is 0.447 e. The third kappa shape index (κ3) is 26.8. The lowest BCUT2D eigenvalue weighted by atomic mass is 9.92. The van der Waals surface area contributed by atoms with Gasteiger partial charge in [-0.1, -0.05) is 44.2 Å². The number of aliphatic hydroxyl groups is 1. The number of imidazole rings is 1. The van der Waals surface area contributed by atoms with Crippen molar-refractivity contribution in [1.29, 1.82) is 0 Å². The normalized spacial score (nSPS) is 14.4. The second kappa shape index (κ2) is 44.8. The summed E-state index contributed by atoms with van der Waals surface area (Å²) in [5, 5.41) is 27.9. The summed E-state index contributed by atoms with van der Waals surface area (Å²) in [6.07, 6.45) is 3.37. The van der Waals surface area contributed by atoms with Crippen molar-refractivity contribution in [3.05, 3.63) is 149 Å². The first kappa shape index (κ1) is 90.5. The highest BCUT2D eigenvalue weighted by Gasteiger charge is 2.38. The quantitative estimate of drug-likeness (QED) is 0.00644. The number of aryl methyl sites for hydroxylation is 1. The van der Waals surface area contributed by atoms with Gasteiger partial charge in [0.25, 0.3) is 23.6 Å². The van der Waals surface area contributed by atoms with Gasteiger partial charge in [0.15, 0.2) is 0 Å². The van der Waals surface area contributed by atoms with E-state index in [4.69, 9.17) is 66.8 Å². The van der Waals surface area contributed by atoms with Crippen molar-refractivity contribution in [1.82, 2.24) is 60.2 Å². The van der Waals surface area contributed by atoms with Crippen LogP contribution >= 0.6 is 11.6 Å². The molecule has 3 atom stereocenters. The van der Waals surface area contributed by atoms with Crippen molar-refractivity contribution >= 4 is 117 Å². The van der Waals surface area contributed by atoms with E-state index in [0.717, 1.165) is 26.8 Å². The SMILES string of the molecule is Cc1cccc2c(OC(=O)N3CCN(C)CC3)cc3c(c12)[C@H](CCl)CN3C(=O)c1cn2cc(NC(=O)c3ccc(OC(=O)N(CCOCCO)CCN(C)C(=O)OCc4ccc(NC(=O)[C@H](CCCNC(N)=O)NC(=O)[C@@H](NC(=O)OCCOCCN(N)/C=C(\N)CNC(=O)OCCOCCN5C(=O)C=CC5=O)C(C)C)cc4)cc3)ccc2n1. The van der Waals surface area contributed by atoms with Crippen LogP contribution in [0.3, 0.4) is 0 Å². The number of halogens is 1. The molecule has 3 aliphatic rings. The molecule has 5 heterocycles. The van der Waals surface area contributed by atoms with Crippen molar-refractivity contribution < 1.29 is 101 Å². The molecule has 9 rings (SSSR count). The second-order valence-electron chi connectivity index (χ2n) is 28.2. The van der Waals surface area contributed by atoms with Crippen molar-refractivity contribution in [3.8, 4) is 11.5 Å². The van der Waals surface area contributed by atoms with Gasteiger partial charge in [0.05, 0.1) is 77.3 Å². The first-order valence-corrected chi connectivity index (χ1v) is 39.0. The number of amides is 13. The summed E-state index contributed by atoms with van der Waals surface area (Å²) in [4.78, 5) is 170. The Hall–Kier alpha value is -12.4. The minimum Gasteiger partial charge on any atom is -0.447 e. The van der Waals surface area contributed by atoms with E-state index in [1.165, 1.54) is 64.5 Å². The van der Waals surface area contributed by atoms with Crippen LogP contribution in [0.1, 0.15) is 70.1 Å². The van der Waals surface area contributed by atoms with Gasteiger partial charge in [0.2, 0.25) is 11.8 Å². The predicted molar refractivity (Wildman–Crippen MR) is 434 cm³/mol. The minimum atomic E-state index is -1.18. The number of aliphatic hydroxyl groups excluding tert-OH is 1. The molecule has 13 N–H and O–H groups in total. The van der Waals surface area contributed by atoms with Gasteiger partial charge in [-0.25, -0.2) is 39.6 Å². The third-order valence-electron chi connectivity index (χ3n) is 19.1. The molecule has 0 saturated carbocycles. The van der Waals surface area contributed by atoms with Crippen molar-refractivity contribution in [2.75, 3.05) is 174 Å². The van der Waals surface area contributed by atoms with E-state index in [1.54, 1.807) is 82.9 Å². The molecule has 0 unspecified atom stereocenters. The van der Waals surface area contributed by atoms with Gasteiger partial charge in [-0.05, 0) is 103 Å². The van der Waals surface area contributed by atoms with Crippen LogP contribution in [0.25, 0.3) is 16.4 Å². The standard InChI is InChI=1S/C79H101ClN18O21/c1-50(2)69(90-76(108)116-41-39-113-35-31-96(83)46-55(81)44-85-75(107)115-40-38-114-36-32-97-65(100)21-22-66(97)101)72(104)89-60(10-7-23-84-74(82)106)71(103)86-56-15-11-52(12-16-56)49-117-77(109)92(5)26-29-94(30-34-112-37-33-99)78(110)118-58-18-13-53(14-19-58)70(102)87-57-17-20-64-88-61(48-95(64)47-57)73(105)98-45-54(43-80)68-62(98)42-63(59-9-6-8-51(3)67(59)68)119-79(111)93-27-24-91(4)25-28-93/h6,8-9,11-22,42,46-48,50,54,60,69,99H,7,10,23-41,43-45,49,81,83H2,1-5H3,(H,85,107)(H,86,103)(H,87,102)(H,89,104)(H,90,108)(H3,82,84,106)/b55-46-/t54-,60+,69+/m1/s1. The molecule has 6 aromatic rings. The molecule has 119 heavy (non-hydrogen) atoms. The number of pyridine rings is 1. The maximum atomic E-state index is 14.6. The Morgan fingerprint density at radius 1 is 0.723 bits per heavy atom. The number of ether oxygens (including phenoxy) is 8. The molecule has 640 valence electrons. The molecule has 1 fully saturated rings. The number of benzene rings is 4. The number of urea groups is 1. The number of nitrogens with zero attached hydrogens (tertiary/aromatic N) is 9. The summed E-state index contributed by atoms with van der Waals surface area (Å²) < 4.78 is 45.5. The van der Waals surface area contributed by atoms with E-state index in [0.29, 0.717) is 60.2 Å². The fraction of sp³-hybridized carbons (Fsp3) is 0.430. The Morgan fingerprint density at radius 3 is 2.11 bits per heavy atom. The number of rotatable bonds is 41. The number of carbonyl (C=O) groups is 12. The van der Waals surface area contributed by atoms with Gasteiger partial charge in [0.1, 0.15) is 54.7 Å². The number of primary amides is 1. The van der Waals surface area contributed by atoms with Crippen LogP contribution < -0.4 is 63.6 Å². The number of carbonyl (C=O) groups excluding carboxylic acids is 12. The van der Waals surface area contributed by atoms with Crippen LogP contribution in [0.5, 0.6) is 11.5 Å². The minimum absolute atomic E-state index is 0.00213. The number of piperazine rings is 1. The van der Waals surface area contributed by atoms with Crippen molar-refractivity contribution in [3.63, 3.8) is 0 Å². The number of nitrogens with one attached hydrogen (secondary N) is 6. The van der Waals surface area contributed by atoms with Gasteiger partial charge in [-0.3, -0.25) is 33.7 Å². The third-order valence-corrected chi connectivity index (χ3v) is 19.4. The molecule has 1 saturated heterocycles. The number of hydrogen-bond acceptors (Lipinski definition) is 26. The smallest absolute Gasteiger partial charge is 0.415 e. The second-order valence-corrected chi connectivity index (χ2v) is 28.5. The number of nitrogens with two attached hydrogens (primary N) is 3. The average Bonchev–Trinajstić information content (AvgIpc) is 1.57. The summed E-state index contributed by atoms with van der Waals surface area (Å²) in [6.45, 7) is 7.47. The van der Waals surface area contributed by atoms with Crippen molar-refractivity contribution in [2.45, 2.75) is 58.2 Å². The van der Waals surface area contributed by atoms with Crippen LogP contribution in [0, 0.1) is 12.8 Å². The van der Waals surface area contributed by atoms with E-state index in [-0.39, 0.29) is 166 Å². The highest BCUT2D eigenvalue weighted by atomic mass is 35.5. The summed E-state index contributed by atoms with van der Waals surface area (Å²) in [7, 11) is 3.47. The monoisotopic (exact) mass is 1670 g/mol. The topological polar surface area (TPSA) is 489 Å². The lowest BCUT2D eigenvalue weighted by molar-refractivity contribution is -0.137. The highest BCUT2D eigenvalue weighted by Crippen LogP contribution is 2.47. The van der Waals surface area contributed by atoms with Gasteiger partial charge in [-0.15, -0.1) is 11.6 Å². The van der Waals surface area contributed by atoms with Gasteiger partial charge in [-0.2, -0.15) is 0 Å². The number of hydrogen-bond donors (Lipinski definition) is 10. The fourth-order valence-corrected chi connectivity index (χ4v) is 12.9. The first-order valence-electron chi connectivity index (χ1n) is 38.4. The maximum Gasteiger partial charge on any atom is 0.415 e. The molecule has 3 aliphatic heterocycles. The Kier molecular flexibility index (Phi) is 34.1. The number of fused-ring (bicyclic) bond motifs is 4. The Balaban J connectivity index is 0.695. The zero-order chi connectivity index (χ0) is 85.7. The molecule has 2 aromatic heterocycles. The Bertz CT molecular complexity index is 4620. The molecule has 0 bridgehead atoms. The number of likely N-dealkylation sites (N-methyl/N-ethyl adjacent to an activating group) is 2. The van der Waals surface area contributed by atoms with E-state index >= 15 is 0 Å². The van der Waals surface area contributed by atoms with Crippen LogP contribution in [-0.4, -0.2) is 286 Å². The van der Waals surface area contributed by atoms with E-state index in [2.05, 4.69) is 41.8 Å². The number of aromatic nitrogens is 2. The van der Waals surface area contributed by atoms with E-state index < -0.39 is 89.9 Å². The van der Waals surface area contributed by atoms with Crippen LogP contribution in [-0.2, 0) is 54.2 Å². The molecule has 40 heteroatoms. The van der Waals surface area contributed by atoms with Crippen molar-refractivity contribution in [2.24, 2.45) is 23.2 Å². The van der Waals surface area contributed by atoms with Gasteiger partial charge in [0, 0.05) is 137 Å². The molecule has 4 aromatic carbocycles. The van der Waals surface area contributed by atoms with E-state index in [1.807, 2.05) is 32.2 Å². The summed E-state index contributed by atoms with van der Waals surface area (Å²) in [5.41, 5.74) is 15.7. The maximum absolute atomic E-state index is 14.6. The zero-order valence-corrected chi connectivity index (χ0v) is 67.5. The van der Waals surface area contributed by atoms with Crippen LogP contribution in [0.2, 0.25) is 0 Å². The molecule has 0 aliphatic carbocycles. The highest BCUT2D eigenvalue weighted by molar-refractivity contribution is 6.19. The molecular formula is C79H101ClN18O21. The number of alkyl carbamates (subject to hydrolysis) is 2. The number of imide groups is 1. The summed E-state index contributed by atoms with van der Waals surface area (Å²) in [6, 6.07) is 19.8. The summed E-state index contributed by atoms with van der Waals surface area (Å²) in [5.74, 6) is 2.78. The molecule has 39 nitrogen and oxygen atoms in total. The number of anilines is 3. The molecule has 0 spiro atoms. The lowest BCUT2D eigenvalue weighted by Gasteiger charge is -2.31. The first-order chi connectivity index (χ1) is 57.2. The summed E-state index contributed by atoms with van der Waals surface area (Å²) >= 11 is 6.63. The Morgan fingerprint density at radius 2 is 1.41 bits per heavy atom. The van der Waals surface area contributed by atoms with Gasteiger partial charge >= 0.3 is 36.5 Å². The molecule has 13 amide bonds. The number of alkyl halides is 1. The molecular weight excluding hydrogens is 1570 g/mol. The molecule has 0 radical (unpaired) electrons. The zero-order valence-electron chi connectivity index (χ0n) is 66.7. The lowest BCUT2D eigenvalue weighted by Crippen LogP contribution is -2.54. The predicted octanol–water partition coefficient (Wildman–Crippen LogP) is 4.14. The van der Waals surface area contributed by atoms with Crippen LogP contribution in [0.4, 0.5) is 45.8 Å². The van der Waals surface area contributed by atoms with Gasteiger partial charge < -0.3 is 120 Å². The van der Waals surface area contributed by atoms with Crippen LogP contribution in [0.15, 0.2) is 121 Å².